The highest BCUT2D eigenvalue weighted by Crippen LogP contribution is 2.20. The molecular formula is C17H19F2N3O2. The summed E-state index contributed by atoms with van der Waals surface area (Å²) in [7, 11) is 0. The first-order valence-electron chi connectivity index (χ1n) is 7.47. The highest BCUT2D eigenvalue weighted by atomic mass is 19.1. The Hall–Kier alpha value is -2.70. The van der Waals surface area contributed by atoms with Crippen LogP contribution < -0.4 is 5.43 Å². The van der Waals surface area contributed by atoms with Crippen LogP contribution in [0.3, 0.4) is 0 Å². The van der Waals surface area contributed by atoms with Crippen LogP contribution in [0.2, 0.25) is 0 Å². The molecule has 0 aliphatic carbocycles. The van der Waals surface area contributed by atoms with E-state index in [1.54, 1.807) is 27.7 Å². The van der Waals surface area contributed by atoms with Crippen molar-refractivity contribution in [3.63, 3.8) is 0 Å². The fourth-order valence-corrected chi connectivity index (χ4v) is 2.40. The molecule has 1 aromatic heterocycles. The second kappa shape index (κ2) is 7.25. The number of hydrazone groups is 1. The molecule has 0 saturated heterocycles. The molecule has 0 spiro atoms. The van der Waals surface area contributed by atoms with Gasteiger partial charge in [-0.05, 0) is 45.4 Å². The molecular weight excluding hydrogens is 316 g/mol. The van der Waals surface area contributed by atoms with E-state index in [2.05, 4.69) is 15.5 Å². The number of nitrogens with zero attached hydrogens (tertiary/aromatic N) is 1. The standard InChI is InChI=1S/C17H19F2N3O2/c1-5-24-17(23)15-9(2)16(20-10(15)3)11(4)21-22-14-7-6-12(18)8-13(14)19/h6-8,20,22H,5H2,1-4H3/b21-11+. The second-order valence-corrected chi connectivity index (χ2v) is 5.28. The van der Waals surface area contributed by atoms with Crippen molar-refractivity contribution in [2.24, 2.45) is 5.10 Å². The van der Waals surface area contributed by atoms with Crippen molar-refractivity contribution in [2.75, 3.05) is 12.0 Å². The number of esters is 1. The van der Waals surface area contributed by atoms with Gasteiger partial charge < -0.3 is 9.72 Å². The number of benzene rings is 1. The molecule has 7 heteroatoms. The third-order valence-electron chi connectivity index (χ3n) is 3.55. The van der Waals surface area contributed by atoms with Gasteiger partial charge in [0, 0.05) is 11.8 Å². The van der Waals surface area contributed by atoms with E-state index >= 15 is 0 Å². The van der Waals surface area contributed by atoms with Gasteiger partial charge in [-0.2, -0.15) is 5.10 Å². The van der Waals surface area contributed by atoms with Gasteiger partial charge in [0.05, 0.1) is 29.3 Å². The summed E-state index contributed by atoms with van der Waals surface area (Å²) in [4.78, 5) is 15.1. The van der Waals surface area contributed by atoms with Crippen LogP contribution in [-0.4, -0.2) is 23.3 Å². The van der Waals surface area contributed by atoms with Gasteiger partial charge in [-0.3, -0.25) is 5.43 Å². The summed E-state index contributed by atoms with van der Waals surface area (Å²) in [6.45, 7) is 7.29. The molecule has 0 unspecified atom stereocenters. The van der Waals surface area contributed by atoms with Gasteiger partial charge in [0.2, 0.25) is 0 Å². The Morgan fingerprint density at radius 1 is 1.33 bits per heavy atom. The first-order valence-corrected chi connectivity index (χ1v) is 7.47. The smallest absolute Gasteiger partial charge is 0.340 e. The van der Waals surface area contributed by atoms with Crippen molar-refractivity contribution in [2.45, 2.75) is 27.7 Å². The molecule has 1 aromatic carbocycles. The van der Waals surface area contributed by atoms with Gasteiger partial charge in [0.1, 0.15) is 5.82 Å². The second-order valence-electron chi connectivity index (χ2n) is 5.28. The molecule has 0 aliphatic heterocycles. The number of hydrogen-bond donors (Lipinski definition) is 2. The number of hydrogen-bond acceptors (Lipinski definition) is 4. The molecule has 2 N–H and O–H groups in total. The van der Waals surface area contributed by atoms with Crippen molar-refractivity contribution in [1.82, 2.24) is 4.98 Å². The zero-order valence-electron chi connectivity index (χ0n) is 14.0. The van der Waals surface area contributed by atoms with Crippen molar-refractivity contribution in [1.29, 1.82) is 0 Å². The SMILES string of the molecule is CCOC(=O)c1c(C)[nH]c(/C(C)=N/Nc2ccc(F)cc2F)c1C. The van der Waals surface area contributed by atoms with Crippen LogP contribution in [0.15, 0.2) is 23.3 Å². The quantitative estimate of drug-likeness (QED) is 0.494. The average molecular weight is 335 g/mol. The van der Waals surface area contributed by atoms with Gasteiger partial charge in [-0.25, -0.2) is 13.6 Å². The zero-order valence-corrected chi connectivity index (χ0v) is 14.0. The first kappa shape index (κ1) is 17.7. The number of rotatable bonds is 5. The van der Waals surface area contributed by atoms with Crippen LogP contribution in [0.5, 0.6) is 0 Å². The lowest BCUT2D eigenvalue weighted by Crippen LogP contribution is -2.07. The van der Waals surface area contributed by atoms with Crippen LogP contribution >= 0.6 is 0 Å². The molecule has 0 aliphatic rings. The molecule has 128 valence electrons. The number of nitrogens with one attached hydrogen (secondary N) is 2. The maximum atomic E-state index is 13.6. The predicted octanol–water partition coefficient (Wildman–Crippen LogP) is 3.92. The van der Waals surface area contributed by atoms with Crippen LogP contribution in [-0.2, 0) is 4.74 Å². The molecule has 1 heterocycles. The van der Waals surface area contributed by atoms with E-state index in [0.717, 1.165) is 12.1 Å². The minimum atomic E-state index is -0.738. The van der Waals surface area contributed by atoms with Gasteiger partial charge in [-0.1, -0.05) is 0 Å². The van der Waals surface area contributed by atoms with Crippen LogP contribution in [0.25, 0.3) is 0 Å². The Morgan fingerprint density at radius 3 is 2.67 bits per heavy atom. The summed E-state index contributed by atoms with van der Waals surface area (Å²) < 4.78 is 31.5. The monoisotopic (exact) mass is 335 g/mol. The fourth-order valence-electron chi connectivity index (χ4n) is 2.40. The highest BCUT2D eigenvalue weighted by Gasteiger charge is 2.20. The predicted molar refractivity (Wildman–Crippen MR) is 88.4 cm³/mol. The lowest BCUT2D eigenvalue weighted by Gasteiger charge is -2.05. The van der Waals surface area contributed by atoms with Gasteiger partial charge in [-0.15, -0.1) is 0 Å². The number of anilines is 1. The number of aromatic nitrogens is 1. The fraction of sp³-hybridized carbons (Fsp3) is 0.294. The molecule has 0 amide bonds. The van der Waals surface area contributed by atoms with E-state index in [0.29, 0.717) is 28.2 Å². The summed E-state index contributed by atoms with van der Waals surface area (Å²) in [5, 5.41) is 4.10. The van der Waals surface area contributed by atoms with E-state index in [4.69, 9.17) is 4.74 Å². The van der Waals surface area contributed by atoms with E-state index in [9.17, 15) is 13.6 Å². The largest absolute Gasteiger partial charge is 0.462 e. The summed E-state index contributed by atoms with van der Waals surface area (Å²) in [6, 6.07) is 3.17. The number of aryl methyl sites for hydroxylation is 1. The Kier molecular flexibility index (Phi) is 5.33. The third-order valence-corrected chi connectivity index (χ3v) is 3.55. The van der Waals surface area contributed by atoms with Crippen molar-refractivity contribution in [3.05, 3.63) is 52.3 Å². The normalized spacial score (nSPS) is 11.5. The third kappa shape index (κ3) is 3.61. The summed E-state index contributed by atoms with van der Waals surface area (Å²) in [6.07, 6.45) is 0. The number of carbonyl (C=O) groups excluding carboxylic acids is 1. The van der Waals surface area contributed by atoms with E-state index in [-0.39, 0.29) is 12.3 Å². The molecule has 24 heavy (non-hydrogen) atoms. The van der Waals surface area contributed by atoms with Crippen LogP contribution in [0, 0.1) is 25.5 Å². The summed E-state index contributed by atoms with van der Waals surface area (Å²) >= 11 is 0. The number of ether oxygens (including phenoxy) is 1. The lowest BCUT2D eigenvalue weighted by molar-refractivity contribution is 0.0525. The Labute approximate surface area is 138 Å². The van der Waals surface area contributed by atoms with Gasteiger partial charge >= 0.3 is 5.97 Å². The maximum Gasteiger partial charge on any atom is 0.340 e. The molecule has 0 fully saturated rings. The molecule has 0 saturated carbocycles. The topological polar surface area (TPSA) is 66.5 Å². The average Bonchev–Trinajstić information content (AvgIpc) is 2.81. The van der Waals surface area contributed by atoms with Crippen LogP contribution in [0.1, 0.15) is 41.2 Å². The molecule has 0 atom stereocenters. The number of H-pyrrole nitrogens is 1. The van der Waals surface area contributed by atoms with E-state index < -0.39 is 17.6 Å². The minimum Gasteiger partial charge on any atom is -0.462 e. The lowest BCUT2D eigenvalue weighted by atomic mass is 10.1. The Morgan fingerprint density at radius 2 is 2.04 bits per heavy atom. The summed E-state index contributed by atoms with van der Waals surface area (Å²) in [5.41, 5.74) is 5.62. The highest BCUT2D eigenvalue weighted by molar-refractivity contribution is 6.03. The number of halogens is 2. The number of aromatic amines is 1. The van der Waals surface area contributed by atoms with Crippen molar-refractivity contribution in [3.8, 4) is 0 Å². The summed E-state index contributed by atoms with van der Waals surface area (Å²) in [5.74, 6) is -1.80. The molecule has 2 aromatic rings. The van der Waals surface area contributed by atoms with Gasteiger partial charge in [0.25, 0.3) is 0 Å². The van der Waals surface area contributed by atoms with Crippen molar-refractivity contribution >= 4 is 17.4 Å². The minimum absolute atomic E-state index is 0.0577. The van der Waals surface area contributed by atoms with Crippen LogP contribution in [0.4, 0.5) is 14.5 Å². The molecule has 5 nitrogen and oxygen atoms in total. The van der Waals surface area contributed by atoms with Crippen molar-refractivity contribution < 1.29 is 18.3 Å². The zero-order chi connectivity index (χ0) is 17.9. The Bertz CT molecular complexity index is 797. The maximum absolute atomic E-state index is 13.6. The number of carbonyl (C=O) groups is 1. The van der Waals surface area contributed by atoms with E-state index in [1.807, 2.05) is 0 Å². The van der Waals surface area contributed by atoms with Gasteiger partial charge in [0.15, 0.2) is 5.82 Å². The first-order chi connectivity index (χ1) is 11.3. The van der Waals surface area contributed by atoms with E-state index in [1.165, 1.54) is 6.07 Å². The Balaban J connectivity index is 2.28. The molecule has 2 rings (SSSR count). The molecule has 0 bridgehead atoms. The molecule has 0 radical (unpaired) electrons.